The highest BCUT2D eigenvalue weighted by molar-refractivity contribution is 6.30. The average Bonchev–Trinajstić information content (AvgIpc) is 2.19. The molecule has 0 aliphatic carbocycles. The molecular weight excluding hydrogens is 205 g/mol. The SMILES string of the molecule is CCC(N=C=O)c1ccc(F)c(Cl)c1. The summed E-state index contributed by atoms with van der Waals surface area (Å²) in [6.07, 6.45) is 2.14. The van der Waals surface area contributed by atoms with Gasteiger partial charge in [-0.1, -0.05) is 24.6 Å². The lowest BCUT2D eigenvalue weighted by atomic mass is 10.1. The number of hydrogen-bond acceptors (Lipinski definition) is 2. The van der Waals surface area contributed by atoms with Crippen LogP contribution in [0.4, 0.5) is 4.39 Å². The summed E-state index contributed by atoms with van der Waals surface area (Å²) in [7, 11) is 0. The van der Waals surface area contributed by atoms with Gasteiger partial charge in [0.1, 0.15) is 5.82 Å². The molecule has 0 amide bonds. The first-order valence-corrected chi connectivity index (χ1v) is 4.58. The third-order valence-corrected chi connectivity index (χ3v) is 2.21. The second-order valence-electron chi connectivity index (χ2n) is 2.82. The highest BCUT2D eigenvalue weighted by Crippen LogP contribution is 2.24. The summed E-state index contributed by atoms with van der Waals surface area (Å²) < 4.78 is 12.8. The van der Waals surface area contributed by atoms with E-state index in [0.717, 1.165) is 5.56 Å². The highest BCUT2D eigenvalue weighted by atomic mass is 35.5. The van der Waals surface area contributed by atoms with Gasteiger partial charge in [-0.15, -0.1) is 0 Å². The van der Waals surface area contributed by atoms with Crippen molar-refractivity contribution in [1.82, 2.24) is 0 Å². The molecule has 0 N–H and O–H groups in total. The summed E-state index contributed by atoms with van der Waals surface area (Å²) in [6, 6.07) is 4.02. The minimum Gasteiger partial charge on any atom is -0.211 e. The molecular formula is C10H9ClFNO. The van der Waals surface area contributed by atoms with Crippen LogP contribution in [0.3, 0.4) is 0 Å². The molecule has 0 saturated carbocycles. The predicted molar refractivity (Wildman–Crippen MR) is 52.6 cm³/mol. The Bertz CT molecular complexity index is 374. The number of benzene rings is 1. The van der Waals surface area contributed by atoms with Crippen LogP contribution in [0.1, 0.15) is 24.9 Å². The van der Waals surface area contributed by atoms with Crippen LogP contribution in [0.25, 0.3) is 0 Å². The molecule has 74 valence electrons. The molecule has 0 spiro atoms. The van der Waals surface area contributed by atoms with Gasteiger partial charge >= 0.3 is 0 Å². The van der Waals surface area contributed by atoms with Gasteiger partial charge in [-0.2, -0.15) is 4.99 Å². The van der Waals surface area contributed by atoms with Gasteiger partial charge in [0.05, 0.1) is 11.1 Å². The maximum atomic E-state index is 12.8. The Balaban J connectivity index is 3.05. The summed E-state index contributed by atoms with van der Waals surface area (Å²) >= 11 is 5.60. The van der Waals surface area contributed by atoms with Gasteiger partial charge in [-0.25, -0.2) is 9.18 Å². The first-order valence-electron chi connectivity index (χ1n) is 4.21. The van der Waals surface area contributed by atoms with E-state index in [1.807, 2.05) is 6.92 Å². The van der Waals surface area contributed by atoms with E-state index in [1.165, 1.54) is 18.2 Å². The van der Waals surface area contributed by atoms with Crippen LogP contribution < -0.4 is 0 Å². The van der Waals surface area contributed by atoms with E-state index < -0.39 is 5.82 Å². The molecule has 0 heterocycles. The van der Waals surface area contributed by atoms with Crippen molar-refractivity contribution in [1.29, 1.82) is 0 Å². The lowest BCUT2D eigenvalue weighted by Gasteiger charge is -2.08. The summed E-state index contributed by atoms with van der Waals surface area (Å²) in [5.74, 6) is -0.472. The van der Waals surface area contributed by atoms with Crippen molar-refractivity contribution in [3.63, 3.8) is 0 Å². The number of aliphatic imine (C=N–C) groups is 1. The van der Waals surface area contributed by atoms with E-state index in [4.69, 9.17) is 11.6 Å². The van der Waals surface area contributed by atoms with E-state index in [2.05, 4.69) is 4.99 Å². The molecule has 1 rings (SSSR count). The maximum absolute atomic E-state index is 12.8. The molecule has 4 heteroatoms. The zero-order valence-electron chi connectivity index (χ0n) is 7.63. The Hall–Kier alpha value is -1.18. The van der Waals surface area contributed by atoms with Gasteiger partial charge < -0.3 is 0 Å². The summed E-state index contributed by atoms with van der Waals surface area (Å²) in [6.45, 7) is 1.88. The molecule has 0 aliphatic rings. The molecule has 1 aromatic rings. The first-order chi connectivity index (χ1) is 6.69. The van der Waals surface area contributed by atoms with E-state index >= 15 is 0 Å². The number of nitrogens with zero attached hydrogens (tertiary/aromatic N) is 1. The van der Waals surface area contributed by atoms with Gasteiger partial charge in [0.2, 0.25) is 6.08 Å². The topological polar surface area (TPSA) is 29.4 Å². The van der Waals surface area contributed by atoms with E-state index in [0.29, 0.717) is 6.42 Å². The Labute approximate surface area is 86.4 Å². The molecule has 1 aromatic carbocycles. The summed E-state index contributed by atoms with van der Waals surface area (Å²) in [4.78, 5) is 13.7. The minimum absolute atomic E-state index is 0.0436. The largest absolute Gasteiger partial charge is 0.235 e. The quantitative estimate of drug-likeness (QED) is 0.560. The number of rotatable bonds is 3. The fraction of sp³-hybridized carbons (Fsp3) is 0.300. The lowest BCUT2D eigenvalue weighted by Crippen LogP contribution is -1.94. The van der Waals surface area contributed by atoms with Crippen molar-refractivity contribution in [2.45, 2.75) is 19.4 Å². The van der Waals surface area contributed by atoms with E-state index in [1.54, 1.807) is 6.07 Å². The number of isocyanates is 1. The van der Waals surface area contributed by atoms with Gasteiger partial charge in [0.25, 0.3) is 0 Å². The standard InChI is InChI=1S/C10H9ClFNO/c1-2-10(13-6-14)7-3-4-9(12)8(11)5-7/h3-5,10H,2H2,1H3. The van der Waals surface area contributed by atoms with Crippen molar-refractivity contribution in [3.05, 3.63) is 34.6 Å². The minimum atomic E-state index is -0.472. The van der Waals surface area contributed by atoms with Crippen molar-refractivity contribution in [2.75, 3.05) is 0 Å². The van der Waals surface area contributed by atoms with Gasteiger partial charge in [0, 0.05) is 0 Å². The molecule has 0 bridgehead atoms. The number of halogens is 2. The van der Waals surface area contributed by atoms with Crippen molar-refractivity contribution in [2.24, 2.45) is 4.99 Å². The zero-order valence-corrected chi connectivity index (χ0v) is 8.38. The van der Waals surface area contributed by atoms with Crippen LogP contribution in [-0.2, 0) is 4.79 Å². The third-order valence-electron chi connectivity index (χ3n) is 1.92. The predicted octanol–water partition coefficient (Wildman–Crippen LogP) is 3.27. The first kappa shape index (κ1) is 10.9. The van der Waals surface area contributed by atoms with Gasteiger partial charge in [-0.05, 0) is 24.1 Å². The molecule has 2 nitrogen and oxygen atoms in total. The number of carbonyl (C=O) groups excluding carboxylic acids is 1. The maximum Gasteiger partial charge on any atom is 0.235 e. The Kier molecular flexibility index (Phi) is 3.81. The van der Waals surface area contributed by atoms with Gasteiger partial charge in [0.15, 0.2) is 0 Å². The average molecular weight is 214 g/mol. The van der Waals surface area contributed by atoms with Crippen molar-refractivity contribution >= 4 is 17.7 Å². The molecule has 0 saturated heterocycles. The fourth-order valence-electron chi connectivity index (χ4n) is 1.18. The van der Waals surface area contributed by atoms with E-state index in [9.17, 15) is 9.18 Å². The second-order valence-corrected chi connectivity index (χ2v) is 3.23. The summed E-state index contributed by atoms with van der Waals surface area (Å²) in [5.41, 5.74) is 0.724. The van der Waals surface area contributed by atoms with Crippen LogP contribution >= 0.6 is 11.6 Å². The zero-order chi connectivity index (χ0) is 10.6. The van der Waals surface area contributed by atoms with E-state index in [-0.39, 0.29) is 11.1 Å². The normalized spacial score (nSPS) is 11.9. The van der Waals surface area contributed by atoms with Crippen molar-refractivity contribution in [3.8, 4) is 0 Å². The van der Waals surface area contributed by atoms with Crippen LogP contribution in [0.2, 0.25) is 5.02 Å². The fourth-order valence-corrected chi connectivity index (χ4v) is 1.37. The van der Waals surface area contributed by atoms with Crippen molar-refractivity contribution < 1.29 is 9.18 Å². The lowest BCUT2D eigenvalue weighted by molar-refractivity contribution is 0.555. The molecule has 0 aromatic heterocycles. The van der Waals surface area contributed by atoms with Crippen LogP contribution in [-0.4, -0.2) is 6.08 Å². The van der Waals surface area contributed by atoms with Crippen LogP contribution in [0.5, 0.6) is 0 Å². The third kappa shape index (κ3) is 2.41. The number of hydrogen-bond donors (Lipinski definition) is 0. The molecule has 0 aliphatic heterocycles. The second kappa shape index (κ2) is 4.89. The molecule has 0 fully saturated rings. The smallest absolute Gasteiger partial charge is 0.211 e. The highest BCUT2D eigenvalue weighted by Gasteiger charge is 2.09. The van der Waals surface area contributed by atoms with Crippen LogP contribution in [0.15, 0.2) is 23.2 Å². The molecule has 1 unspecified atom stereocenters. The Morgan fingerprint density at radius 2 is 2.36 bits per heavy atom. The molecule has 0 radical (unpaired) electrons. The Morgan fingerprint density at radius 3 is 2.86 bits per heavy atom. The molecule has 1 atom stereocenters. The van der Waals surface area contributed by atoms with Gasteiger partial charge in [-0.3, -0.25) is 0 Å². The monoisotopic (exact) mass is 213 g/mol. The Morgan fingerprint density at radius 1 is 1.64 bits per heavy atom. The molecule has 14 heavy (non-hydrogen) atoms. The summed E-state index contributed by atoms with van der Waals surface area (Å²) in [5, 5.41) is 0.0436. The van der Waals surface area contributed by atoms with Crippen LogP contribution in [0, 0.1) is 5.82 Å².